The summed E-state index contributed by atoms with van der Waals surface area (Å²) in [5, 5.41) is 0. The minimum atomic E-state index is -1.38. The quantitative estimate of drug-likeness (QED) is 0.565. The van der Waals surface area contributed by atoms with Crippen molar-refractivity contribution in [2.75, 3.05) is 0 Å². The van der Waals surface area contributed by atoms with Gasteiger partial charge in [-0.1, -0.05) is 25.6 Å². The standard InChI is InChI=1S/C12H15N3OSi/c1-15-10-7-9(5-6-17(2,3)4)8-13-11(10)14-12(15)16/h7-8H,1-4H3,(H,13,14,16). The zero-order valence-corrected chi connectivity index (χ0v) is 11.5. The molecule has 0 aliphatic heterocycles. The summed E-state index contributed by atoms with van der Waals surface area (Å²) in [5.74, 6) is 3.13. The van der Waals surface area contributed by atoms with Crippen LogP contribution in [0.5, 0.6) is 0 Å². The molecule has 0 bridgehead atoms. The van der Waals surface area contributed by atoms with Gasteiger partial charge in [-0.25, -0.2) is 9.78 Å². The third kappa shape index (κ3) is 2.48. The van der Waals surface area contributed by atoms with Crippen molar-refractivity contribution in [3.8, 4) is 11.5 Å². The van der Waals surface area contributed by atoms with Crippen molar-refractivity contribution < 1.29 is 0 Å². The number of aromatic nitrogens is 3. The fourth-order valence-electron chi connectivity index (χ4n) is 1.43. The van der Waals surface area contributed by atoms with Crippen molar-refractivity contribution in [1.29, 1.82) is 0 Å². The Kier molecular flexibility index (Phi) is 2.67. The van der Waals surface area contributed by atoms with Gasteiger partial charge in [0.2, 0.25) is 0 Å². The van der Waals surface area contributed by atoms with Gasteiger partial charge in [0.05, 0.1) is 5.52 Å². The summed E-state index contributed by atoms with van der Waals surface area (Å²) in [6.07, 6.45) is 1.70. The predicted molar refractivity (Wildman–Crippen MR) is 71.6 cm³/mol. The number of pyridine rings is 1. The average Bonchev–Trinajstić information content (AvgIpc) is 2.51. The molecule has 0 spiro atoms. The Morgan fingerprint density at radius 1 is 1.41 bits per heavy atom. The number of aromatic amines is 1. The highest BCUT2D eigenvalue weighted by Gasteiger charge is 2.08. The molecule has 2 heterocycles. The number of H-pyrrole nitrogens is 1. The molecule has 5 heteroatoms. The van der Waals surface area contributed by atoms with Crippen LogP contribution in [0.15, 0.2) is 17.1 Å². The highest BCUT2D eigenvalue weighted by Crippen LogP contribution is 2.08. The molecule has 0 saturated heterocycles. The van der Waals surface area contributed by atoms with Gasteiger partial charge in [0.15, 0.2) is 5.65 Å². The molecule has 17 heavy (non-hydrogen) atoms. The van der Waals surface area contributed by atoms with E-state index >= 15 is 0 Å². The number of aryl methyl sites for hydroxylation is 1. The minimum Gasteiger partial charge on any atom is -0.294 e. The number of hydrogen-bond donors (Lipinski definition) is 1. The van der Waals surface area contributed by atoms with E-state index in [2.05, 4.69) is 41.1 Å². The minimum absolute atomic E-state index is 0.150. The van der Waals surface area contributed by atoms with Crippen LogP contribution in [0.2, 0.25) is 19.6 Å². The first-order valence-corrected chi connectivity index (χ1v) is 8.95. The van der Waals surface area contributed by atoms with E-state index in [1.54, 1.807) is 17.8 Å². The molecular weight excluding hydrogens is 230 g/mol. The average molecular weight is 245 g/mol. The third-order valence-electron chi connectivity index (χ3n) is 2.34. The molecule has 0 unspecified atom stereocenters. The lowest BCUT2D eigenvalue weighted by molar-refractivity contribution is 0.891. The monoisotopic (exact) mass is 245 g/mol. The Hall–Kier alpha value is -1.80. The van der Waals surface area contributed by atoms with Crippen LogP contribution < -0.4 is 5.69 Å². The Labute approximate surface area is 101 Å². The van der Waals surface area contributed by atoms with Crippen molar-refractivity contribution in [2.24, 2.45) is 7.05 Å². The number of fused-ring (bicyclic) bond motifs is 1. The van der Waals surface area contributed by atoms with Crippen LogP contribution in [-0.4, -0.2) is 22.6 Å². The molecule has 0 amide bonds. The normalized spacial score (nSPS) is 11.3. The van der Waals surface area contributed by atoms with E-state index in [-0.39, 0.29) is 5.69 Å². The molecule has 0 atom stereocenters. The van der Waals surface area contributed by atoms with Gasteiger partial charge in [-0.05, 0) is 6.07 Å². The first-order chi connectivity index (χ1) is 7.87. The largest absolute Gasteiger partial charge is 0.327 e. The first-order valence-electron chi connectivity index (χ1n) is 5.45. The van der Waals surface area contributed by atoms with Gasteiger partial charge in [-0.3, -0.25) is 9.55 Å². The number of imidazole rings is 1. The lowest BCUT2D eigenvalue weighted by Gasteiger charge is -2.03. The van der Waals surface area contributed by atoms with E-state index in [1.165, 1.54) is 0 Å². The second kappa shape index (κ2) is 3.89. The van der Waals surface area contributed by atoms with E-state index in [1.807, 2.05) is 6.07 Å². The predicted octanol–water partition coefficient (Wildman–Crippen LogP) is 1.49. The molecule has 1 N–H and O–H groups in total. The Balaban J connectivity index is 2.54. The Morgan fingerprint density at radius 2 is 2.12 bits per heavy atom. The summed E-state index contributed by atoms with van der Waals surface area (Å²) in [6.45, 7) is 6.58. The fraction of sp³-hybridized carbons (Fsp3) is 0.333. The molecule has 0 fully saturated rings. The molecule has 0 radical (unpaired) electrons. The molecule has 0 saturated carbocycles. The van der Waals surface area contributed by atoms with Gasteiger partial charge in [-0.2, -0.15) is 0 Å². The van der Waals surface area contributed by atoms with Crippen molar-refractivity contribution in [1.82, 2.24) is 14.5 Å². The first kappa shape index (κ1) is 11.7. The lowest BCUT2D eigenvalue weighted by atomic mass is 10.3. The van der Waals surface area contributed by atoms with Gasteiger partial charge in [0.25, 0.3) is 0 Å². The number of nitrogens with zero attached hydrogens (tertiary/aromatic N) is 2. The van der Waals surface area contributed by atoms with Gasteiger partial charge in [-0.15, -0.1) is 5.54 Å². The maximum absolute atomic E-state index is 11.4. The van der Waals surface area contributed by atoms with Crippen molar-refractivity contribution in [3.05, 3.63) is 28.3 Å². The molecule has 0 aliphatic carbocycles. The fourth-order valence-corrected chi connectivity index (χ4v) is 1.95. The van der Waals surface area contributed by atoms with E-state index in [4.69, 9.17) is 0 Å². The smallest absolute Gasteiger partial charge is 0.294 e. The second-order valence-corrected chi connectivity index (χ2v) is 9.83. The van der Waals surface area contributed by atoms with Crippen LogP contribution in [0.25, 0.3) is 11.2 Å². The summed E-state index contributed by atoms with van der Waals surface area (Å²) in [5.41, 5.74) is 5.38. The molecule has 88 valence electrons. The van der Waals surface area contributed by atoms with Crippen molar-refractivity contribution in [3.63, 3.8) is 0 Å². The SMILES string of the molecule is Cn1c(=O)[nH]c2ncc(C#C[Si](C)(C)C)cc21. The highest BCUT2D eigenvalue weighted by molar-refractivity contribution is 6.83. The number of rotatable bonds is 0. The summed E-state index contributed by atoms with van der Waals surface area (Å²) in [7, 11) is 0.340. The van der Waals surface area contributed by atoms with Crippen LogP contribution in [0, 0.1) is 11.5 Å². The number of hydrogen-bond acceptors (Lipinski definition) is 2. The zero-order chi connectivity index (χ0) is 12.6. The Morgan fingerprint density at radius 3 is 2.76 bits per heavy atom. The van der Waals surface area contributed by atoms with Gasteiger partial charge in [0, 0.05) is 18.8 Å². The van der Waals surface area contributed by atoms with Gasteiger partial charge < -0.3 is 0 Å². The lowest BCUT2D eigenvalue weighted by Crippen LogP contribution is -2.16. The van der Waals surface area contributed by atoms with Gasteiger partial charge >= 0.3 is 5.69 Å². The maximum Gasteiger partial charge on any atom is 0.327 e. The second-order valence-electron chi connectivity index (χ2n) is 5.08. The third-order valence-corrected chi connectivity index (χ3v) is 3.22. The van der Waals surface area contributed by atoms with E-state index in [0.717, 1.165) is 11.1 Å². The van der Waals surface area contributed by atoms with Crippen LogP contribution in [0.3, 0.4) is 0 Å². The van der Waals surface area contributed by atoms with E-state index in [9.17, 15) is 4.79 Å². The summed E-state index contributed by atoms with van der Waals surface area (Å²) in [6, 6.07) is 1.90. The summed E-state index contributed by atoms with van der Waals surface area (Å²) < 4.78 is 1.54. The van der Waals surface area contributed by atoms with E-state index < -0.39 is 8.07 Å². The van der Waals surface area contributed by atoms with Crippen LogP contribution in [0.1, 0.15) is 5.56 Å². The summed E-state index contributed by atoms with van der Waals surface area (Å²) in [4.78, 5) is 18.3. The molecule has 2 aromatic heterocycles. The van der Waals surface area contributed by atoms with Crippen LogP contribution in [-0.2, 0) is 7.05 Å². The topological polar surface area (TPSA) is 50.7 Å². The molecular formula is C12H15N3OSi. The molecule has 2 aromatic rings. The van der Waals surface area contributed by atoms with Gasteiger partial charge in [0.1, 0.15) is 8.07 Å². The highest BCUT2D eigenvalue weighted by atomic mass is 28.3. The molecule has 0 aromatic carbocycles. The molecule has 4 nitrogen and oxygen atoms in total. The van der Waals surface area contributed by atoms with Crippen molar-refractivity contribution >= 4 is 19.2 Å². The maximum atomic E-state index is 11.4. The van der Waals surface area contributed by atoms with E-state index in [0.29, 0.717) is 5.65 Å². The van der Waals surface area contributed by atoms with Crippen molar-refractivity contribution in [2.45, 2.75) is 19.6 Å². The zero-order valence-electron chi connectivity index (χ0n) is 10.5. The molecule has 0 aliphatic rings. The van der Waals surface area contributed by atoms with Crippen LogP contribution in [0.4, 0.5) is 0 Å². The number of nitrogens with one attached hydrogen (secondary N) is 1. The molecule has 2 rings (SSSR count). The van der Waals surface area contributed by atoms with Crippen LogP contribution >= 0.6 is 0 Å². The summed E-state index contributed by atoms with van der Waals surface area (Å²) >= 11 is 0. The Bertz CT molecular complexity index is 680.